The van der Waals surface area contributed by atoms with Crippen LogP contribution in [0.2, 0.25) is 0 Å². The highest BCUT2D eigenvalue weighted by Gasteiger charge is 2.42. The van der Waals surface area contributed by atoms with Gasteiger partial charge in [0.05, 0.1) is 11.3 Å². The number of hydrogen-bond acceptors (Lipinski definition) is 3. The number of fused-ring (bicyclic) bond motifs is 1. The molecule has 2 fully saturated rings. The van der Waals surface area contributed by atoms with Gasteiger partial charge in [-0.2, -0.15) is 0 Å². The second-order valence-corrected chi connectivity index (χ2v) is 6.33. The summed E-state index contributed by atoms with van der Waals surface area (Å²) in [5, 5.41) is 3.45. The Morgan fingerprint density at radius 1 is 1.47 bits per heavy atom. The molecule has 0 radical (unpaired) electrons. The van der Waals surface area contributed by atoms with Crippen LogP contribution in [0.1, 0.15) is 17.3 Å². The molecule has 2 aliphatic heterocycles. The molecule has 3 unspecified atom stereocenters. The second-order valence-electron chi connectivity index (χ2n) is 5.47. The van der Waals surface area contributed by atoms with Crippen LogP contribution in [0.3, 0.4) is 0 Å². The highest BCUT2D eigenvalue weighted by Crippen LogP contribution is 2.38. The van der Waals surface area contributed by atoms with Gasteiger partial charge in [0.25, 0.3) is 5.91 Å². The molecule has 3 N–H and O–H groups in total. The Kier molecular flexibility index (Phi) is 3.27. The zero-order valence-electron chi connectivity index (χ0n) is 10.9. The molecule has 102 valence electrons. The van der Waals surface area contributed by atoms with Gasteiger partial charge in [-0.15, -0.1) is 0 Å². The first-order valence-electron chi connectivity index (χ1n) is 6.65. The first-order valence-corrected chi connectivity index (χ1v) is 7.44. The number of rotatable bonds is 2. The molecule has 19 heavy (non-hydrogen) atoms. The average Bonchev–Trinajstić information content (AvgIpc) is 2.92. The largest absolute Gasteiger partial charge is 0.367 e. The van der Waals surface area contributed by atoms with E-state index < -0.39 is 0 Å². The molecule has 2 saturated heterocycles. The minimum Gasteiger partial charge on any atom is -0.367 e. The van der Waals surface area contributed by atoms with Gasteiger partial charge in [0, 0.05) is 30.1 Å². The maximum Gasteiger partial charge on any atom is 0.251 e. The summed E-state index contributed by atoms with van der Waals surface area (Å²) in [6, 6.07) is 6.26. The van der Waals surface area contributed by atoms with Crippen LogP contribution in [0, 0.1) is 11.8 Å². The first-order chi connectivity index (χ1) is 9.09. The van der Waals surface area contributed by atoms with Crippen LogP contribution in [-0.4, -0.2) is 31.6 Å². The minimum atomic E-state index is -0.371. The standard InChI is InChI=1S/C14H18BrN3O/c1-8-10-6-17-5-9(10)7-18(8)12-4-2-3-11(15)13(12)14(16)19/h2-4,8-10,17H,5-7H2,1H3,(H2,16,19). The van der Waals surface area contributed by atoms with Crippen molar-refractivity contribution in [1.82, 2.24) is 5.32 Å². The number of amides is 1. The van der Waals surface area contributed by atoms with E-state index in [1.54, 1.807) is 0 Å². The smallest absolute Gasteiger partial charge is 0.251 e. The van der Waals surface area contributed by atoms with Gasteiger partial charge < -0.3 is 16.0 Å². The molecule has 4 nitrogen and oxygen atoms in total. The summed E-state index contributed by atoms with van der Waals surface area (Å²) in [4.78, 5) is 14.0. The number of carbonyl (C=O) groups excluding carboxylic acids is 1. The van der Waals surface area contributed by atoms with E-state index in [1.165, 1.54) is 0 Å². The molecule has 0 saturated carbocycles. The number of anilines is 1. The lowest BCUT2D eigenvalue weighted by Crippen LogP contribution is -2.34. The van der Waals surface area contributed by atoms with Gasteiger partial charge in [-0.1, -0.05) is 6.07 Å². The lowest BCUT2D eigenvalue weighted by Gasteiger charge is -2.28. The van der Waals surface area contributed by atoms with Crippen LogP contribution in [-0.2, 0) is 0 Å². The van der Waals surface area contributed by atoms with E-state index in [0.29, 0.717) is 23.4 Å². The zero-order valence-corrected chi connectivity index (χ0v) is 12.5. The third-order valence-corrected chi connectivity index (χ3v) is 5.14. The number of primary amides is 1. The number of hydrogen-bond donors (Lipinski definition) is 2. The number of nitrogens with zero attached hydrogens (tertiary/aromatic N) is 1. The van der Waals surface area contributed by atoms with Crippen molar-refractivity contribution in [3.05, 3.63) is 28.2 Å². The summed E-state index contributed by atoms with van der Waals surface area (Å²) in [6.07, 6.45) is 0. The van der Waals surface area contributed by atoms with E-state index in [4.69, 9.17) is 5.73 Å². The Morgan fingerprint density at radius 2 is 2.26 bits per heavy atom. The molecule has 5 heteroatoms. The molecule has 1 aromatic rings. The maximum atomic E-state index is 11.7. The third kappa shape index (κ3) is 2.05. The van der Waals surface area contributed by atoms with Crippen molar-refractivity contribution < 1.29 is 4.79 Å². The molecule has 3 atom stereocenters. The van der Waals surface area contributed by atoms with Crippen molar-refractivity contribution in [2.75, 3.05) is 24.5 Å². The highest BCUT2D eigenvalue weighted by atomic mass is 79.9. The molecule has 0 bridgehead atoms. The van der Waals surface area contributed by atoms with E-state index in [1.807, 2.05) is 18.2 Å². The topological polar surface area (TPSA) is 58.4 Å². The molecule has 2 aliphatic rings. The van der Waals surface area contributed by atoms with E-state index in [9.17, 15) is 4.79 Å². The zero-order chi connectivity index (χ0) is 13.6. The number of nitrogens with one attached hydrogen (secondary N) is 1. The molecule has 1 aromatic carbocycles. The summed E-state index contributed by atoms with van der Waals surface area (Å²) in [5.74, 6) is 0.972. The predicted octanol–water partition coefficient (Wildman–Crippen LogP) is 1.59. The lowest BCUT2D eigenvalue weighted by atomic mass is 9.95. The number of nitrogens with two attached hydrogens (primary N) is 1. The summed E-state index contributed by atoms with van der Waals surface area (Å²) in [6.45, 7) is 5.38. The van der Waals surface area contributed by atoms with Crippen molar-refractivity contribution in [1.29, 1.82) is 0 Å². The highest BCUT2D eigenvalue weighted by molar-refractivity contribution is 9.10. The van der Waals surface area contributed by atoms with Gasteiger partial charge in [0.15, 0.2) is 0 Å². The van der Waals surface area contributed by atoms with E-state index in [2.05, 4.69) is 33.1 Å². The fourth-order valence-corrected chi connectivity index (χ4v) is 4.03. The van der Waals surface area contributed by atoms with E-state index in [-0.39, 0.29) is 5.91 Å². The van der Waals surface area contributed by atoms with Gasteiger partial charge in [-0.25, -0.2) is 0 Å². The molecule has 3 rings (SSSR count). The molecule has 1 amide bonds. The van der Waals surface area contributed by atoms with Crippen LogP contribution >= 0.6 is 15.9 Å². The Labute approximate surface area is 121 Å². The van der Waals surface area contributed by atoms with Crippen molar-refractivity contribution in [3.63, 3.8) is 0 Å². The van der Waals surface area contributed by atoms with Crippen LogP contribution in [0.15, 0.2) is 22.7 Å². The normalized spacial score (nSPS) is 29.6. The third-order valence-electron chi connectivity index (χ3n) is 4.48. The lowest BCUT2D eigenvalue weighted by molar-refractivity contribution is 0.1000. The molecule has 0 spiro atoms. The van der Waals surface area contributed by atoms with Gasteiger partial charge in [-0.3, -0.25) is 4.79 Å². The van der Waals surface area contributed by atoms with Crippen molar-refractivity contribution in [2.45, 2.75) is 13.0 Å². The van der Waals surface area contributed by atoms with Gasteiger partial charge in [0.2, 0.25) is 0 Å². The maximum absolute atomic E-state index is 11.7. The molecular formula is C14H18BrN3O. The van der Waals surface area contributed by atoms with Crippen LogP contribution in [0.4, 0.5) is 5.69 Å². The van der Waals surface area contributed by atoms with Crippen molar-refractivity contribution >= 4 is 27.5 Å². The first kappa shape index (κ1) is 12.9. The quantitative estimate of drug-likeness (QED) is 0.869. The van der Waals surface area contributed by atoms with E-state index >= 15 is 0 Å². The van der Waals surface area contributed by atoms with Gasteiger partial charge in [-0.05, 0) is 46.8 Å². The molecule has 2 heterocycles. The van der Waals surface area contributed by atoms with Crippen LogP contribution in [0.5, 0.6) is 0 Å². The number of halogens is 1. The average molecular weight is 324 g/mol. The van der Waals surface area contributed by atoms with Crippen molar-refractivity contribution in [2.24, 2.45) is 17.6 Å². The molecule has 0 aliphatic carbocycles. The summed E-state index contributed by atoms with van der Waals surface area (Å²) >= 11 is 3.44. The van der Waals surface area contributed by atoms with E-state index in [0.717, 1.165) is 29.8 Å². The van der Waals surface area contributed by atoms with Gasteiger partial charge >= 0.3 is 0 Å². The Balaban J connectivity index is 1.99. The number of benzene rings is 1. The predicted molar refractivity (Wildman–Crippen MR) is 79.3 cm³/mol. The monoisotopic (exact) mass is 323 g/mol. The Morgan fingerprint density at radius 3 is 2.95 bits per heavy atom. The minimum absolute atomic E-state index is 0.371. The summed E-state index contributed by atoms with van der Waals surface area (Å²) < 4.78 is 0.778. The van der Waals surface area contributed by atoms with Crippen LogP contribution < -0.4 is 16.0 Å². The Hall–Kier alpha value is -1.07. The summed E-state index contributed by atoms with van der Waals surface area (Å²) in [5.41, 5.74) is 7.10. The summed E-state index contributed by atoms with van der Waals surface area (Å²) in [7, 11) is 0. The second kappa shape index (κ2) is 4.80. The SMILES string of the molecule is CC1C2CNCC2CN1c1cccc(Br)c1C(N)=O. The van der Waals surface area contributed by atoms with Gasteiger partial charge in [0.1, 0.15) is 0 Å². The molecular weight excluding hydrogens is 306 g/mol. The molecule has 0 aromatic heterocycles. The fourth-order valence-electron chi connectivity index (χ4n) is 3.48. The van der Waals surface area contributed by atoms with Crippen molar-refractivity contribution in [3.8, 4) is 0 Å². The number of carbonyl (C=O) groups is 1. The Bertz CT molecular complexity index is 519. The van der Waals surface area contributed by atoms with Crippen LogP contribution in [0.25, 0.3) is 0 Å². The fraction of sp³-hybridized carbons (Fsp3) is 0.500.